The Balaban J connectivity index is 2.27. The van der Waals surface area contributed by atoms with Gasteiger partial charge in [0.2, 0.25) is 0 Å². The Kier molecular flexibility index (Phi) is 2.88. The average molecular weight is 269 g/mol. The molecule has 1 heterocycles. The van der Waals surface area contributed by atoms with E-state index in [1.807, 2.05) is 66.4 Å². The van der Waals surface area contributed by atoms with E-state index in [0.717, 1.165) is 16.7 Å². The SMILES string of the molecule is CCN1C(=S)c2ccccc2C1(O)c1ccccc1. The van der Waals surface area contributed by atoms with E-state index in [9.17, 15) is 5.11 Å². The number of hydrogen-bond donors (Lipinski definition) is 1. The zero-order chi connectivity index (χ0) is 13.5. The molecule has 2 aromatic carbocycles. The first kappa shape index (κ1) is 12.3. The fourth-order valence-electron chi connectivity index (χ4n) is 2.77. The predicted molar refractivity (Wildman–Crippen MR) is 80.0 cm³/mol. The van der Waals surface area contributed by atoms with Gasteiger partial charge >= 0.3 is 0 Å². The molecular weight excluding hydrogens is 254 g/mol. The van der Waals surface area contributed by atoms with E-state index >= 15 is 0 Å². The van der Waals surface area contributed by atoms with Crippen molar-refractivity contribution in [3.05, 3.63) is 71.3 Å². The fraction of sp³-hybridized carbons (Fsp3) is 0.188. The van der Waals surface area contributed by atoms with Gasteiger partial charge in [0.15, 0.2) is 5.72 Å². The molecule has 19 heavy (non-hydrogen) atoms. The minimum absolute atomic E-state index is 0.666. The second-order valence-electron chi connectivity index (χ2n) is 4.63. The normalized spacial score (nSPS) is 21.6. The lowest BCUT2D eigenvalue weighted by Crippen LogP contribution is -2.44. The number of benzene rings is 2. The number of nitrogens with zero attached hydrogens (tertiary/aromatic N) is 1. The molecule has 1 unspecified atom stereocenters. The number of thiocarbonyl (C=S) groups is 1. The maximum absolute atomic E-state index is 11.3. The zero-order valence-electron chi connectivity index (χ0n) is 10.7. The van der Waals surface area contributed by atoms with Crippen LogP contribution >= 0.6 is 12.2 Å². The van der Waals surface area contributed by atoms with Crippen molar-refractivity contribution in [2.45, 2.75) is 12.6 Å². The topological polar surface area (TPSA) is 23.5 Å². The quantitative estimate of drug-likeness (QED) is 0.848. The largest absolute Gasteiger partial charge is 0.363 e. The van der Waals surface area contributed by atoms with Gasteiger partial charge in [0.1, 0.15) is 4.99 Å². The van der Waals surface area contributed by atoms with Gasteiger partial charge in [-0.25, -0.2) is 0 Å². The van der Waals surface area contributed by atoms with Crippen molar-refractivity contribution in [2.24, 2.45) is 0 Å². The van der Waals surface area contributed by atoms with Gasteiger partial charge in [-0.05, 0) is 6.92 Å². The van der Waals surface area contributed by atoms with Gasteiger partial charge in [-0.1, -0.05) is 66.8 Å². The van der Waals surface area contributed by atoms with Crippen LogP contribution in [0.1, 0.15) is 23.6 Å². The van der Waals surface area contributed by atoms with Crippen LogP contribution in [0, 0.1) is 0 Å². The van der Waals surface area contributed by atoms with Gasteiger partial charge < -0.3 is 10.0 Å². The van der Waals surface area contributed by atoms with E-state index < -0.39 is 5.72 Å². The molecule has 1 aliphatic rings. The molecule has 0 radical (unpaired) electrons. The molecule has 0 aliphatic carbocycles. The molecule has 0 spiro atoms. The summed E-state index contributed by atoms with van der Waals surface area (Å²) in [5.74, 6) is 0. The third-order valence-corrected chi connectivity index (χ3v) is 4.10. The van der Waals surface area contributed by atoms with Gasteiger partial charge in [0, 0.05) is 23.2 Å². The van der Waals surface area contributed by atoms with Gasteiger partial charge in [0.05, 0.1) is 0 Å². The fourth-order valence-corrected chi connectivity index (χ4v) is 3.20. The van der Waals surface area contributed by atoms with E-state index in [0.29, 0.717) is 11.5 Å². The molecule has 3 heteroatoms. The van der Waals surface area contributed by atoms with Crippen molar-refractivity contribution in [3.63, 3.8) is 0 Å². The van der Waals surface area contributed by atoms with Crippen LogP contribution in [0.5, 0.6) is 0 Å². The summed E-state index contributed by atoms with van der Waals surface area (Å²) < 4.78 is 0. The zero-order valence-corrected chi connectivity index (χ0v) is 11.5. The highest BCUT2D eigenvalue weighted by atomic mass is 32.1. The molecule has 1 aliphatic heterocycles. The lowest BCUT2D eigenvalue weighted by atomic mass is 9.94. The van der Waals surface area contributed by atoms with Crippen molar-refractivity contribution in [1.82, 2.24) is 4.90 Å². The molecule has 3 rings (SSSR count). The highest BCUT2D eigenvalue weighted by molar-refractivity contribution is 7.80. The van der Waals surface area contributed by atoms with Gasteiger partial charge in [0.25, 0.3) is 0 Å². The van der Waals surface area contributed by atoms with Crippen LogP contribution in [0.15, 0.2) is 54.6 Å². The summed E-state index contributed by atoms with van der Waals surface area (Å²) in [6, 6.07) is 17.5. The molecular formula is C16H15NOS. The first-order valence-electron chi connectivity index (χ1n) is 6.39. The minimum Gasteiger partial charge on any atom is -0.363 e. The summed E-state index contributed by atoms with van der Waals surface area (Å²) in [6.45, 7) is 2.67. The molecule has 0 bridgehead atoms. The van der Waals surface area contributed by atoms with Crippen molar-refractivity contribution < 1.29 is 5.11 Å². The molecule has 0 amide bonds. The number of rotatable bonds is 2. The Morgan fingerprint density at radius 2 is 1.68 bits per heavy atom. The average Bonchev–Trinajstić information content (AvgIpc) is 2.70. The van der Waals surface area contributed by atoms with Crippen molar-refractivity contribution >= 4 is 17.2 Å². The van der Waals surface area contributed by atoms with Crippen LogP contribution in [0.4, 0.5) is 0 Å². The van der Waals surface area contributed by atoms with E-state index in [1.54, 1.807) is 0 Å². The smallest absolute Gasteiger partial charge is 0.192 e. The Hall–Kier alpha value is -1.71. The number of fused-ring (bicyclic) bond motifs is 1. The number of aliphatic hydroxyl groups is 1. The lowest BCUT2D eigenvalue weighted by Gasteiger charge is -2.35. The maximum atomic E-state index is 11.3. The molecule has 0 saturated carbocycles. The highest BCUT2D eigenvalue weighted by Gasteiger charge is 2.46. The van der Waals surface area contributed by atoms with Crippen molar-refractivity contribution in [3.8, 4) is 0 Å². The third kappa shape index (κ3) is 1.62. The number of hydrogen-bond acceptors (Lipinski definition) is 2. The Morgan fingerprint density at radius 1 is 1.05 bits per heavy atom. The second kappa shape index (κ2) is 4.44. The van der Waals surface area contributed by atoms with Crippen LogP contribution in [0.2, 0.25) is 0 Å². The van der Waals surface area contributed by atoms with Crippen LogP contribution in [-0.4, -0.2) is 21.5 Å². The molecule has 96 valence electrons. The second-order valence-corrected chi connectivity index (χ2v) is 5.02. The lowest BCUT2D eigenvalue weighted by molar-refractivity contribution is -0.0258. The van der Waals surface area contributed by atoms with Crippen LogP contribution in [0.25, 0.3) is 0 Å². The van der Waals surface area contributed by atoms with Crippen LogP contribution < -0.4 is 0 Å². The minimum atomic E-state index is -1.15. The van der Waals surface area contributed by atoms with E-state index in [1.165, 1.54) is 0 Å². The summed E-state index contributed by atoms with van der Waals surface area (Å²) in [6.07, 6.45) is 0. The molecule has 0 saturated heterocycles. The van der Waals surface area contributed by atoms with Gasteiger partial charge in [-0.15, -0.1) is 0 Å². The first-order chi connectivity index (χ1) is 9.19. The summed E-state index contributed by atoms with van der Waals surface area (Å²) in [5.41, 5.74) is 1.52. The first-order valence-corrected chi connectivity index (χ1v) is 6.79. The summed E-state index contributed by atoms with van der Waals surface area (Å²) in [5, 5.41) is 11.3. The van der Waals surface area contributed by atoms with Crippen molar-refractivity contribution in [1.29, 1.82) is 0 Å². The van der Waals surface area contributed by atoms with Gasteiger partial charge in [-0.2, -0.15) is 0 Å². The molecule has 0 fully saturated rings. The highest BCUT2D eigenvalue weighted by Crippen LogP contribution is 2.42. The van der Waals surface area contributed by atoms with E-state index in [2.05, 4.69) is 0 Å². The Bertz CT molecular complexity index is 626. The van der Waals surface area contributed by atoms with Crippen molar-refractivity contribution in [2.75, 3.05) is 6.54 Å². The monoisotopic (exact) mass is 269 g/mol. The maximum Gasteiger partial charge on any atom is 0.192 e. The summed E-state index contributed by atoms with van der Waals surface area (Å²) in [7, 11) is 0. The standard InChI is InChI=1S/C16H15NOS/c1-2-17-15(19)13-10-6-7-11-14(13)16(17,18)12-8-4-3-5-9-12/h3-11,18H,2H2,1H3. The molecule has 1 N–H and O–H groups in total. The summed E-state index contributed by atoms with van der Waals surface area (Å²) in [4.78, 5) is 2.59. The third-order valence-electron chi connectivity index (χ3n) is 3.66. The van der Waals surface area contributed by atoms with E-state index in [4.69, 9.17) is 12.2 Å². The van der Waals surface area contributed by atoms with Crippen LogP contribution in [0.3, 0.4) is 0 Å². The van der Waals surface area contributed by atoms with Crippen LogP contribution in [-0.2, 0) is 5.72 Å². The predicted octanol–water partition coefficient (Wildman–Crippen LogP) is 2.89. The molecule has 0 aromatic heterocycles. The van der Waals surface area contributed by atoms with E-state index in [-0.39, 0.29) is 0 Å². The molecule has 2 nitrogen and oxygen atoms in total. The molecule has 1 atom stereocenters. The molecule has 2 aromatic rings. The summed E-state index contributed by atoms with van der Waals surface area (Å²) >= 11 is 5.51. The Morgan fingerprint density at radius 3 is 2.37 bits per heavy atom. The van der Waals surface area contributed by atoms with Gasteiger partial charge in [-0.3, -0.25) is 0 Å². The Labute approximate surface area is 118 Å².